The third-order valence-corrected chi connectivity index (χ3v) is 4.91. The molecule has 0 spiro atoms. The van der Waals surface area contributed by atoms with Gasteiger partial charge in [-0.05, 0) is 0 Å². The Morgan fingerprint density at radius 1 is 1.18 bits per heavy atom. The Labute approximate surface area is 70.3 Å². The minimum absolute atomic E-state index is 1.20. The average molecular weight is 170 g/mol. The summed E-state index contributed by atoms with van der Waals surface area (Å²) in [7, 11) is 0. The monoisotopic (exact) mass is 170 g/mol. The molecule has 0 fully saturated rings. The molecule has 0 N–H and O–H groups in total. The van der Waals surface area contributed by atoms with Gasteiger partial charge in [0.2, 0.25) is 0 Å². The van der Waals surface area contributed by atoms with Gasteiger partial charge in [-0.15, -0.1) is 0 Å². The molecule has 0 radical (unpaired) electrons. The standard InChI is InChI=1S/C10H19P/c1-9-7-6-8-10(9)11(2,3,4)5/h6-7H,8H2,1-5H3. The second kappa shape index (κ2) is 2.20. The molecule has 0 unspecified atom stereocenters. The van der Waals surface area contributed by atoms with Crippen LogP contribution in [0.15, 0.2) is 23.0 Å². The summed E-state index contributed by atoms with van der Waals surface area (Å²) >= 11 is 0. The van der Waals surface area contributed by atoms with Crippen molar-refractivity contribution in [3.63, 3.8) is 0 Å². The predicted octanol–water partition coefficient (Wildman–Crippen LogP) is 3.29. The average Bonchev–Trinajstić information content (AvgIpc) is 2.08. The molecule has 0 nitrogen and oxygen atoms in total. The van der Waals surface area contributed by atoms with Crippen molar-refractivity contribution < 1.29 is 0 Å². The maximum absolute atomic E-state index is 2.43. The molecule has 1 heteroatoms. The Bertz CT molecular complexity index is 226. The van der Waals surface area contributed by atoms with Crippen molar-refractivity contribution in [3.05, 3.63) is 23.0 Å². The maximum atomic E-state index is 2.43. The summed E-state index contributed by atoms with van der Waals surface area (Å²) in [5.74, 6) is 0. The number of rotatable bonds is 1. The fourth-order valence-corrected chi connectivity index (χ4v) is 4.00. The van der Waals surface area contributed by atoms with Gasteiger partial charge in [0.05, 0.1) is 0 Å². The van der Waals surface area contributed by atoms with E-state index in [1.807, 2.05) is 0 Å². The van der Waals surface area contributed by atoms with E-state index in [1.165, 1.54) is 12.0 Å². The number of hydrogen-bond acceptors (Lipinski definition) is 0. The molecule has 1 aliphatic rings. The van der Waals surface area contributed by atoms with Crippen molar-refractivity contribution in [1.82, 2.24) is 0 Å². The Morgan fingerprint density at radius 3 is 1.91 bits per heavy atom. The normalized spacial score (nSPS) is 22.1. The van der Waals surface area contributed by atoms with Crippen molar-refractivity contribution in [1.29, 1.82) is 0 Å². The van der Waals surface area contributed by atoms with Crippen LogP contribution in [0.25, 0.3) is 0 Å². The van der Waals surface area contributed by atoms with Crippen LogP contribution in [0, 0.1) is 0 Å². The zero-order valence-corrected chi connectivity index (χ0v) is 9.20. The SMILES string of the molecule is CC1=C(P(C)(C)(C)C)CC=C1. The molecule has 0 aliphatic heterocycles. The van der Waals surface area contributed by atoms with Crippen LogP contribution >= 0.6 is 6.60 Å². The molecule has 0 saturated heterocycles. The summed E-state index contributed by atoms with van der Waals surface area (Å²) in [6.07, 6.45) is 5.74. The van der Waals surface area contributed by atoms with E-state index >= 15 is 0 Å². The summed E-state index contributed by atoms with van der Waals surface area (Å²) < 4.78 is 0. The molecule has 1 rings (SSSR count). The van der Waals surface area contributed by atoms with E-state index in [-0.39, 0.29) is 0 Å². The first kappa shape index (κ1) is 9.00. The van der Waals surface area contributed by atoms with Crippen LogP contribution in [0.1, 0.15) is 13.3 Å². The third-order valence-electron chi connectivity index (χ3n) is 2.21. The summed E-state index contributed by atoms with van der Waals surface area (Å²) in [5, 5.41) is 1.70. The van der Waals surface area contributed by atoms with Crippen LogP contribution in [0.2, 0.25) is 0 Å². The minimum atomic E-state index is -1.43. The topological polar surface area (TPSA) is 0 Å². The van der Waals surface area contributed by atoms with E-state index < -0.39 is 6.60 Å². The zero-order valence-electron chi connectivity index (χ0n) is 8.31. The van der Waals surface area contributed by atoms with Crippen molar-refractivity contribution in [3.8, 4) is 0 Å². The van der Waals surface area contributed by atoms with Crippen LogP contribution in [0.4, 0.5) is 0 Å². The van der Waals surface area contributed by atoms with E-state index in [2.05, 4.69) is 45.7 Å². The first-order valence-electron chi connectivity index (χ1n) is 4.15. The van der Waals surface area contributed by atoms with Crippen molar-refractivity contribution in [2.24, 2.45) is 0 Å². The molecule has 11 heavy (non-hydrogen) atoms. The van der Waals surface area contributed by atoms with Gasteiger partial charge in [-0.3, -0.25) is 0 Å². The first-order valence-corrected chi connectivity index (χ1v) is 8.17. The molecule has 64 valence electrons. The summed E-state index contributed by atoms with van der Waals surface area (Å²) in [6.45, 7) is 10.5. The Kier molecular flexibility index (Phi) is 1.80. The Morgan fingerprint density at radius 2 is 1.73 bits per heavy atom. The van der Waals surface area contributed by atoms with Gasteiger partial charge in [0.1, 0.15) is 0 Å². The molecule has 0 saturated carbocycles. The second-order valence-electron chi connectivity index (χ2n) is 5.31. The molecule has 0 bridgehead atoms. The molecule has 0 heterocycles. The van der Waals surface area contributed by atoms with Crippen molar-refractivity contribution >= 4 is 6.60 Å². The van der Waals surface area contributed by atoms with Gasteiger partial charge in [-0.2, -0.15) is 0 Å². The number of allylic oxidation sites excluding steroid dienone is 4. The van der Waals surface area contributed by atoms with Gasteiger partial charge in [0.25, 0.3) is 0 Å². The molecule has 0 aromatic carbocycles. The van der Waals surface area contributed by atoms with Crippen LogP contribution in [-0.2, 0) is 0 Å². The number of hydrogen-bond donors (Lipinski definition) is 0. The summed E-state index contributed by atoms with van der Waals surface area (Å²) in [4.78, 5) is 0. The molecule has 0 amide bonds. The molecular formula is C10H19P. The van der Waals surface area contributed by atoms with Gasteiger partial charge >= 0.3 is 69.6 Å². The zero-order chi connectivity index (χ0) is 8.72. The van der Waals surface area contributed by atoms with Gasteiger partial charge in [0.15, 0.2) is 0 Å². The molecule has 1 aliphatic carbocycles. The van der Waals surface area contributed by atoms with Gasteiger partial charge in [0, 0.05) is 0 Å². The summed E-state index contributed by atoms with van der Waals surface area (Å²) in [5.41, 5.74) is 1.51. The molecule has 0 aromatic rings. The van der Waals surface area contributed by atoms with E-state index in [0.29, 0.717) is 0 Å². The first-order chi connectivity index (χ1) is 4.77. The third kappa shape index (κ3) is 1.93. The van der Waals surface area contributed by atoms with E-state index in [9.17, 15) is 0 Å². The van der Waals surface area contributed by atoms with Gasteiger partial charge in [-0.25, -0.2) is 0 Å². The Hall–Kier alpha value is -0.0900. The quantitative estimate of drug-likeness (QED) is 0.530. The fraction of sp³-hybridized carbons (Fsp3) is 0.600. The van der Waals surface area contributed by atoms with Crippen LogP contribution in [0.5, 0.6) is 0 Å². The summed E-state index contributed by atoms with van der Waals surface area (Å²) in [6, 6.07) is 0. The van der Waals surface area contributed by atoms with Crippen molar-refractivity contribution in [2.75, 3.05) is 26.7 Å². The molecule has 0 aromatic heterocycles. The van der Waals surface area contributed by atoms with E-state index in [4.69, 9.17) is 0 Å². The van der Waals surface area contributed by atoms with Crippen LogP contribution in [0.3, 0.4) is 0 Å². The van der Waals surface area contributed by atoms with Crippen molar-refractivity contribution in [2.45, 2.75) is 13.3 Å². The fourth-order valence-electron chi connectivity index (χ4n) is 1.68. The van der Waals surface area contributed by atoms with E-state index in [0.717, 1.165) is 0 Å². The van der Waals surface area contributed by atoms with Gasteiger partial charge < -0.3 is 0 Å². The molecular weight excluding hydrogens is 151 g/mol. The Balaban J connectivity index is 3.05. The van der Waals surface area contributed by atoms with Gasteiger partial charge in [-0.1, -0.05) is 0 Å². The van der Waals surface area contributed by atoms with E-state index in [1.54, 1.807) is 5.31 Å². The molecule has 0 atom stereocenters. The second-order valence-corrected chi connectivity index (χ2v) is 13.0. The van der Waals surface area contributed by atoms with Crippen LogP contribution < -0.4 is 0 Å². The van der Waals surface area contributed by atoms with Crippen LogP contribution in [-0.4, -0.2) is 26.7 Å². The predicted molar refractivity (Wildman–Crippen MR) is 57.1 cm³/mol.